The first-order valence-corrected chi connectivity index (χ1v) is 24.2. The zero-order chi connectivity index (χ0) is 41.4. The molecule has 56 heavy (non-hydrogen) atoms. The molecule has 0 aromatic rings. The minimum Gasteiger partial charge on any atom is -0.756 e. The molecule has 0 aliphatic rings. The van der Waals surface area contributed by atoms with Crippen molar-refractivity contribution in [2.75, 3.05) is 47.5 Å². The van der Waals surface area contributed by atoms with E-state index in [1.54, 1.807) is 0 Å². The van der Waals surface area contributed by atoms with E-state index in [1.807, 2.05) is 21.1 Å². The number of likely N-dealkylation sites (N-methyl/N-ethyl adjacent to an activating group) is 1. The number of phosphoric ester groups is 1. The van der Waals surface area contributed by atoms with Crippen molar-refractivity contribution >= 4 is 19.8 Å². The maximum Gasteiger partial charge on any atom is 0.306 e. The number of esters is 2. The van der Waals surface area contributed by atoms with Gasteiger partial charge in [0, 0.05) is 12.8 Å². The Labute approximate surface area is 344 Å². The second kappa shape index (κ2) is 38.7. The average molecular weight is 812 g/mol. The molecule has 328 valence electrons. The van der Waals surface area contributed by atoms with E-state index in [-0.39, 0.29) is 32.0 Å². The average Bonchev–Trinajstić information content (AvgIpc) is 3.15. The summed E-state index contributed by atoms with van der Waals surface area (Å²) in [7, 11) is 1.16. The topological polar surface area (TPSA) is 111 Å². The van der Waals surface area contributed by atoms with Crippen molar-refractivity contribution in [3.63, 3.8) is 0 Å². The third-order valence-electron chi connectivity index (χ3n) is 9.66. The Kier molecular flexibility index (Phi) is 37.5. The lowest BCUT2D eigenvalue weighted by Gasteiger charge is -2.28. The van der Waals surface area contributed by atoms with Crippen LogP contribution in [0.3, 0.4) is 0 Å². The first kappa shape index (κ1) is 54.2. The molecule has 0 saturated carbocycles. The molecule has 0 spiro atoms. The summed E-state index contributed by atoms with van der Waals surface area (Å²) in [5.74, 6) is -0.847. The Morgan fingerprint density at radius 3 is 1.43 bits per heavy atom. The summed E-state index contributed by atoms with van der Waals surface area (Å²) in [5.41, 5.74) is 0. The van der Waals surface area contributed by atoms with Crippen molar-refractivity contribution in [2.45, 2.75) is 200 Å². The van der Waals surface area contributed by atoms with Gasteiger partial charge >= 0.3 is 11.9 Å². The highest BCUT2D eigenvalue weighted by molar-refractivity contribution is 7.45. The number of quaternary nitrogens is 1. The van der Waals surface area contributed by atoms with Crippen LogP contribution in [0.4, 0.5) is 0 Å². The van der Waals surface area contributed by atoms with Crippen molar-refractivity contribution in [3.05, 3.63) is 36.5 Å². The zero-order valence-corrected chi connectivity index (χ0v) is 37.7. The largest absolute Gasteiger partial charge is 0.756 e. The van der Waals surface area contributed by atoms with Crippen molar-refractivity contribution in [1.29, 1.82) is 0 Å². The van der Waals surface area contributed by atoms with Crippen LogP contribution >= 0.6 is 7.82 Å². The van der Waals surface area contributed by atoms with Gasteiger partial charge in [-0.3, -0.25) is 14.2 Å². The van der Waals surface area contributed by atoms with Gasteiger partial charge in [-0.1, -0.05) is 166 Å². The summed E-state index contributed by atoms with van der Waals surface area (Å²) in [6.07, 6.45) is 43.1. The fourth-order valence-electron chi connectivity index (χ4n) is 6.07. The first-order valence-electron chi connectivity index (χ1n) is 22.7. The normalized spacial score (nSPS) is 13.9. The van der Waals surface area contributed by atoms with E-state index in [1.165, 1.54) is 89.9 Å². The Morgan fingerprint density at radius 1 is 0.554 bits per heavy atom. The van der Waals surface area contributed by atoms with Crippen LogP contribution in [0.2, 0.25) is 0 Å². The van der Waals surface area contributed by atoms with Crippen LogP contribution in [0, 0.1) is 0 Å². The number of unbranched alkanes of at least 4 members (excludes halogenated alkanes) is 21. The third-order valence-corrected chi connectivity index (χ3v) is 10.6. The summed E-state index contributed by atoms with van der Waals surface area (Å²) in [6, 6.07) is 0. The molecule has 0 rings (SSSR count). The van der Waals surface area contributed by atoms with Crippen LogP contribution < -0.4 is 4.89 Å². The molecule has 0 N–H and O–H groups in total. The van der Waals surface area contributed by atoms with Gasteiger partial charge in [0.1, 0.15) is 19.8 Å². The summed E-state index contributed by atoms with van der Waals surface area (Å²) in [4.78, 5) is 37.5. The smallest absolute Gasteiger partial charge is 0.306 e. The van der Waals surface area contributed by atoms with Crippen LogP contribution in [0.1, 0.15) is 194 Å². The Hall–Kier alpha value is -1.77. The maximum absolute atomic E-state index is 12.7. The third kappa shape index (κ3) is 41.9. The maximum atomic E-state index is 12.7. The molecule has 0 heterocycles. The van der Waals surface area contributed by atoms with Crippen molar-refractivity contribution in [2.24, 2.45) is 0 Å². The van der Waals surface area contributed by atoms with Gasteiger partial charge in [-0.05, 0) is 51.4 Å². The lowest BCUT2D eigenvalue weighted by molar-refractivity contribution is -0.870. The van der Waals surface area contributed by atoms with E-state index in [0.717, 1.165) is 70.6 Å². The van der Waals surface area contributed by atoms with E-state index in [0.29, 0.717) is 17.4 Å². The van der Waals surface area contributed by atoms with Crippen molar-refractivity contribution < 1.29 is 42.1 Å². The Morgan fingerprint density at radius 2 is 0.964 bits per heavy atom. The van der Waals surface area contributed by atoms with Crippen LogP contribution in [0.25, 0.3) is 0 Å². The second-order valence-corrected chi connectivity index (χ2v) is 17.8. The van der Waals surface area contributed by atoms with Gasteiger partial charge in [-0.2, -0.15) is 0 Å². The molecule has 0 aromatic carbocycles. The first-order chi connectivity index (χ1) is 27.0. The molecule has 2 atom stereocenters. The predicted molar refractivity (Wildman–Crippen MR) is 231 cm³/mol. The molecule has 0 saturated heterocycles. The number of rotatable bonds is 41. The number of ether oxygens (including phenoxy) is 2. The Bertz CT molecular complexity index is 1050. The van der Waals surface area contributed by atoms with E-state index in [4.69, 9.17) is 18.5 Å². The minimum absolute atomic E-state index is 0.0331. The molecule has 0 aliphatic carbocycles. The molecule has 0 radical (unpaired) electrons. The van der Waals surface area contributed by atoms with Gasteiger partial charge in [0.05, 0.1) is 27.7 Å². The predicted octanol–water partition coefficient (Wildman–Crippen LogP) is 12.3. The minimum atomic E-state index is -4.62. The van der Waals surface area contributed by atoms with E-state index < -0.39 is 26.5 Å². The molecule has 9 nitrogen and oxygen atoms in total. The van der Waals surface area contributed by atoms with Crippen LogP contribution in [0.15, 0.2) is 36.5 Å². The molecule has 0 fully saturated rings. The number of allylic oxidation sites excluding steroid dienone is 6. The quantitative estimate of drug-likeness (QED) is 0.0197. The standard InChI is InChI=1S/C46H86NO8P/c1-6-8-10-12-14-16-18-19-20-21-22-23-24-25-26-27-29-31-33-35-37-39-46(49)55-44(43-54-56(50,51)53-41-40-47(3,4)5)42-52-45(48)38-36-34-32-30-28-17-15-13-11-9-7-2/h18-19,21-22,24-25,44H,6-17,20,23,26-43H2,1-5H3/b19-18-,22-21-,25-24-. The number of hydrogen-bond acceptors (Lipinski definition) is 8. The van der Waals surface area contributed by atoms with Gasteiger partial charge in [0.25, 0.3) is 7.82 Å². The fraction of sp³-hybridized carbons (Fsp3) is 0.826. The lowest BCUT2D eigenvalue weighted by atomic mass is 10.1. The number of carbonyl (C=O) groups excluding carboxylic acids is 2. The molecule has 0 aliphatic heterocycles. The van der Waals surface area contributed by atoms with Crippen molar-refractivity contribution in [1.82, 2.24) is 0 Å². The number of hydrogen-bond donors (Lipinski definition) is 0. The van der Waals surface area contributed by atoms with E-state index in [2.05, 4.69) is 50.3 Å². The van der Waals surface area contributed by atoms with Gasteiger partial charge in [0.15, 0.2) is 6.10 Å². The van der Waals surface area contributed by atoms with E-state index in [9.17, 15) is 19.0 Å². The van der Waals surface area contributed by atoms with E-state index >= 15 is 0 Å². The highest BCUT2D eigenvalue weighted by atomic mass is 31.2. The summed E-state index contributed by atoms with van der Waals surface area (Å²) < 4.78 is 33.9. The highest BCUT2D eigenvalue weighted by Crippen LogP contribution is 2.38. The summed E-state index contributed by atoms with van der Waals surface area (Å²) >= 11 is 0. The molecule has 0 amide bonds. The number of carbonyl (C=O) groups is 2. The molecule has 0 aromatic heterocycles. The lowest BCUT2D eigenvalue weighted by Crippen LogP contribution is -2.37. The molecular weight excluding hydrogens is 725 g/mol. The molecule has 10 heteroatoms. The van der Waals surface area contributed by atoms with Gasteiger partial charge < -0.3 is 27.9 Å². The summed E-state index contributed by atoms with van der Waals surface area (Å²) in [5, 5.41) is 0. The monoisotopic (exact) mass is 812 g/mol. The van der Waals surface area contributed by atoms with Gasteiger partial charge in [0.2, 0.25) is 0 Å². The highest BCUT2D eigenvalue weighted by Gasteiger charge is 2.21. The SMILES string of the molecule is CCCCCCC/C=C\C/C=C\C/C=C\CCCCCCCCC(=O)OC(COC(=O)CCCCCCCCCCCCC)COP(=O)([O-])OCC[N+](C)(C)C. The number of phosphoric acid groups is 1. The van der Waals surface area contributed by atoms with Crippen LogP contribution in [-0.4, -0.2) is 70.0 Å². The molecule has 0 bridgehead atoms. The second-order valence-electron chi connectivity index (χ2n) is 16.4. The Balaban J connectivity index is 4.33. The zero-order valence-electron chi connectivity index (χ0n) is 36.8. The summed E-state index contributed by atoms with van der Waals surface area (Å²) in [6.45, 7) is 4.19. The van der Waals surface area contributed by atoms with Crippen LogP contribution in [0.5, 0.6) is 0 Å². The molecular formula is C46H86NO8P. The van der Waals surface area contributed by atoms with Gasteiger partial charge in [-0.25, -0.2) is 0 Å². The fourth-order valence-corrected chi connectivity index (χ4v) is 6.80. The van der Waals surface area contributed by atoms with Gasteiger partial charge in [-0.15, -0.1) is 0 Å². The van der Waals surface area contributed by atoms with Crippen molar-refractivity contribution in [3.8, 4) is 0 Å². The number of nitrogens with zero attached hydrogens (tertiary/aromatic N) is 1. The molecule has 2 unspecified atom stereocenters. The van der Waals surface area contributed by atoms with Crippen LogP contribution in [-0.2, 0) is 32.7 Å².